The van der Waals surface area contributed by atoms with Gasteiger partial charge in [0.2, 0.25) is 5.95 Å². The molecule has 0 saturated heterocycles. The maximum absolute atomic E-state index is 12.4. The summed E-state index contributed by atoms with van der Waals surface area (Å²) >= 11 is 0. The van der Waals surface area contributed by atoms with Gasteiger partial charge in [-0.25, -0.2) is 10.4 Å². The van der Waals surface area contributed by atoms with Crippen LogP contribution in [0.4, 0.5) is 5.95 Å². The molecule has 0 amide bonds. The molecule has 8 nitrogen and oxygen atoms in total. The zero-order valence-corrected chi connectivity index (χ0v) is 20.2. The van der Waals surface area contributed by atoms with Crippen molar-refractivity contribution in [3.8, 4) is 28.8 Å². The van der Waals surface area contributed by atoms with E-state index in [1.54, 1.807) is 25.5 Å². The quantitative estimate of drug-likeness (QED) is 0.273. The molecule has 0 atom stereocenters. The molecule has 4 rings (SSSR count). The fourth-order valence-electron chi connectivity index (χ4n) is 3.77. The Labute approximate surface area is 208 Å². The summed E-state index contributed by atoms with van der Waals surface area (Å²) in [5.74, 6) is 1.62. The van der Waals surface area contributed by atoms with Gasteiger partial charge in [0, 0.05) is 11.1 Å². The highest BCUT2D eigenvalue weighted by Gasteiger charge is 2.13. The van der Waals surface area contributed by atoms with Crippen molar-refractivity contribution in [2.45, 2.75) is 20.5 Å². The van der Waals surface area contributed by atoms with Gasteiger partial charge < -0.3 is 9.47 Å². The van der Waals surface area contributed by atoms with Gasteiger partial charge in [-0.2, -0.15) is 10.4 Å². The van der Waals surface area contributed by atoms with Gasteiger partial charge >= 0.3 is 0 Å². The molecule has 8 heteroatoms. The van der Waals surface area contributed by atoms with Gasteiger partial charge in [0.1, 0.15) is 29.7 Å². The lowest BCUT2D eigenvalue weighted by atomic mass is 10.1. The molecule has 0 fully saturated rings. The summed E-state index contributed by atoms with van der Waals surface area (Å²) in [5, 5.41) is 13.6. The first kappa shape index (κ1) is 24.2. The van der Waals surface area contributed by atoms with E-state index in [-0.39, 0.29) is 17.2 Å². The summed E-state index contributed by atoms with van der Waals surface area (Å²) in [6.07, 6.45) is 1.60. The first-order valence-electron chi connectivity index (χ1n) is 11.2. The summed E-state index contributed by atoms with van der Waals surface area (Å²) in [6.45, 7) is 4.39. The zero-order valence-electron chi connectivity index (χ0n) is 20.2. The number of aromatic nitrogens is 2. The van der Waals surface area contributed by atoms with Crippen molar-refractivity contribution in [1.29, 1.82) is 5.26 Å². The number of hydrogen-bond acceptors (Lipinski definition) is 7. The van der Waals surface area contributed by atoms with E-state index < -0.39 is 5.56 Å². The van der Waals surface area contributed by atoms with E-state index in [4.69, 9.17) is 9.47 Å². The highest BCUT2D eigenvalue weighted by molar-refractivity contribution is 5.81. The van der Waals surface area contributed by atoms with Crippen LogP contribution in [-0.4, -0.2) is 23.3 Å². The number of ether oxygens (including phenoxy) is 2. The molecule has 0 aliphatic rings. The second-order valence-corrected chi connectivity index (χ2v) is 8.17. The smallest absolute Gasteiger partial charge is 0.270 e. The minimum atomic E-state index is -0.542. The van der Waals surface area contributed by atoms with Gasteiger partial charge in [0.15, 0.2) is 0 Å². The van der Waals surface area contributed by atoms with Gasteiger partial charge in [-0.05, 0) is 60.9 Å². The Kier molecular flexibility index (Phi) is 7.42. The van der Waals surface area contributed by atoms with Crippen LogP contribution in [-0.2, 0) is 6.61 Å². The number of anilines is 1. The first-order chi connectivity index (χ1) is 17.5. The van der Waals surface area contributed by atoms with Crippen LogP contribution >= 0.6 is 0 Å². The highest BCUT2D eigenvalue weighted by Crippen LogP contribution is 2.23. The third kappa shape index (κ3) is 5.77. The highest BCUT2D eigenvalue weighted by atomic mass is 16.5. The standard InChI is InChI=1S/C28H25N5O3/c1-18-11-19(2)13-23(12-18)36-17-22-14-20(9-10-25(22)35-3)16-30-33-28-31-26(21-7-5-4-6-8-21)24(15-29)27(34)32-28/h4-14,16H,17H2,1-3H3,(H2,31,32,33,34). The van der Waals surface area contributed by atoms with Crippen LogP contribution in [0.5, 0.6) is 11.5 Å². The number of nitrogens with one attached hydrogen (secondary N) is 2. The molecule has 0 spiro atoms. The number of aryl methyl sites for hydroxylation is 2. The fraction of sp³-hybridized carbons (Fsp3) is 0.143. The molecule has 2 N–H and O–H groups in total. The van der Waals surface area contributed by atoms with E-state index in [2.05, 4.69) is 26.6 Å². The van der Waals surface area contributed by atoms with Gasteiger partial charge in [-0.15, -0.1) is 0 Å². The van der Waals surface area contributed by atoms with Crippen molar-refractivity contribution in [1.82, 2.24) is 9.97 Å². The minimum Gasteiger partial charge on any atom is -0.496 e. The first-order valence-corrected chi connectivity index (χ1v) is 11.2. The van der Waals surface area contributed by atoms with Crippen LogP contribution < -0.4 is 20.5 Å². The number of nitriles is 1. The lowest BCUT2D eigenvalue weighted by Gasteiger charge is -2.12. The predicted octanol–water partition coefficient (Wildman–Crippen LogP) is 4.96. The van der Waals surface area contributed by atoms with E-state index in [9.17, 15) is 10.1 Å². The lowest BCUT2D eigenvalue weighted by Crippen LogP contribution is -2.16. The van der Waals surface area contributed by atoms with Crippen LogP contribution in [0.15, 0.2) is 76.6 Å². The Morgan fingerprint density at radius 1 is 1.08 bits per heavy atom. The van der Waals surface area contributed by atoms with Crippen LogP contribution in [0.3, 0.4) is 0 Å². The van der Waals surface area contributed by atoms with E-state index in [0.29, 0.717) is 17.9 Å². The SMILES string of the molecule is COc1ccc(C=NNc2nc(-c3ccccc3)c(C#N)c(=O)[nH]2)cc1COc1cc(C)cc(C)c1. The number of nitrogens with zero attached hydrogens (tertiary/aromatic N) is 3. The van der Waals surface area contributed by atoms with Crippen molar-refractivity contribution in [3.05, 3.63) is 105 Å². The molecule has 180 valence electrons. The summed E-state index contributed by atoms with van der Waals surface area (Å²) in [4.78, 5) is 19.3. The van der Waals surface area contributed by atoms with E-state index >= 15 is 0 Å². The summed E-state index contributed by atoms with van der Waals surface area (Å²) in [7, 11) is 1.61. The largest absolute Gasteiger partial charge is 0.496 e. The molecule has 0 bridgehead atoms. The molecule has 3 aromatic carbocycles. The van der Waals surface area contributed by atoms with Gasteiger partial charge in [0.25, 0.3) is 5.56 Å². The molecule has 36 heavy (non-hydrogen) atoms. The van der Waals surface area contributed by atoms with Crippen molar-refractivity contribution >= 4 is 12.2 Å². The van der Waals surface area contributed by atoms with Crippen LogP contribution in [0.2, 0.25) is 0 Å². The molecule has 0 saturated carbocycles. The number of rotatable bonds is 8. The van der Waals surface area contributed by atoms with Crippen LogP contribution in [0.1, 0.15) is 27.8 Å². The normalized spacial score (nSPS) is 10.7. The van der Waals surface area contributed by atoms with Crippen molar-refractivity contribution in [3.63, 3.8) is 0 Å². The third-order valence-electron chi connectivity index (χ3n) is 5.36. The topological polar surface area (TPSA) is 112 Å². The molecular formula is C28H25N5O3. The zero-order chi connectivity index (χ0) is 25.5. The average Bonchev–Trinajstić information content (AvgIpc) is 2.87. The monoisotopic (exact) mass is 479 g/mol. The summed E-state index contributed by atoms with van der Waals surface area (Å²) < 4.78 is 11.5. The maximum atomic E-state index is 12.4. The third-order valence-corrected chi connectivity index (χ3v) is 5.36. The van der Waals surface area contributed by atoms with E-state index in [0.717, 1.165) is 28.0 Å². The van der Waals surface area contributed by atoms with E-state index in [1.165, 1.54) is 0 Å². The van der Waals surface area contributed by atoms with Gasteiger partial charge in [-0.3, -0.25) is 9.78 Å². The Bertz CT molecular complexity index is 1480. The van der Waals surface area contributed by atoms with Crippen molar-refractivity contribution in [2.75, 3.05) is 12.5 Å². The number of H-pyrrole nitrogens is 1. The molecular weight excluding hydrogens is 454 g/mol. The van der Waals surface area contributed by atoms with Crippen molar-refractivity contribution < 1.29 is 9.47 Å². The average molecular weight is 480 g/mol. The molecule has 0 unspecified atom stereocenters. The molecule has 0 aliphatic carbocycles. The Balaban J connectivity index is 1.53. The van der Waals surface area contributed by atoms with Crippen LogP contribution in [0, 0.1) is 25.2 Å². The number of aromatic amines is 1. The summed E-state index contributed by atoms with van der Waals surface area (Å²) in [6, 6.07) is 22.7. The fourth-order valence-corrected chi connectivity index (χ4v) is 3.77. The number of methoxy groups -OCH3 is 1. The van der Waals surface area contributed by atoms with Gasteiger partial charge in [0.05, 0.1) is 19.0 Å². The van der Waals surface area contributed by atoms with Gasteiger partial charge in [-0.1, -0.05) is 36.4 Å². The lowest BCUT2D eigenvalue weighted by molar-refractivity contribution is 0.296. The predicted molar refractivity (Wildman–Crippen MR) is 139 cm³/mol. The number of benzene rings is 3. The second kappa shape index (κ2) is 11.0. The molecule has 0 aliphatic heterocycles. The molecule has 0 radical (unpaired) electrons. The molecule has 4 aromatic rings. The second-order valence-electron chi connectivity index (χ2n) is 8.17. The van der Waals surface area contributed by atoms with Crippen molar-refractivity contribution in [2.24, 2.45) is 5.10 Å². The Hall–Kier alpha value is -4.90. The number of hydrogen-bond donors (Lipinski definition) is 2. The molecule has 1 aromatic heterocycles. The van der Waals surface area contributed by atoms with Crippen LogP contribution in [0.25, 0.3) is 11.3 Å². The Morgan fingerprint density at radius 3 is 2.53 bits per heavy atom. The molecule has 1 heterocycles. The Morgan fingerprint density at radius 2 is 1.83 bits per heavy atom. The minimum absolute atomic E-state index is 0.0562. The number of hydrazone groups is 1. The van der Waals surface area contributed by atoms with E-state index in [1.807, 2.05) is 68.4 Å². The maximum Gasteiger partial charge on any atom is 0.270 e. The summed E-state index contributed by atoms with van der Waals surface area (Å²) in [5.41, 5.74) is 7.01.